The summed E-state index contributed by atoms with van der Waals surface area (Å²) in [5.74, 6) is -0.0742. The fraction of sp³-hybridized carbons (Fsp3) is 0.500. The Labute approximate surface area is 138 Å². The molecular weight excluding hydrogens is 326 g/mol. The monoisotopic (exact) mass is 349 g/mol. The lowest BCUT2D eigenvalue weighted by molar-refractivity contribution is 0.0953. The number of carbonyl (C=O) groups excluding carboxylic acids is 1. The van der Waals surface area contributed by atoms with Crippen molar-refractivity contribution in [3.63, 3.8) is 0 Å². The highest BCUT2D eigenvalue weighted by atomic mass is 35.5. The third kappa shape index (κ3) is 7.63. The molecule has 0 aliphatic rings. The highest BCUT2D eigenvalue weighted by molar-refractivity contribution is 7.92. The summed E-state index contributed by atoms with van der Waals surface area (Å²) >= 11 is 0. The van der Waals surface area contributed by atoms with Crippen LogP contribution in [0.1, 0.15) is 30.1 Å². The number of nitrogens with one attached hydrogen (secondary N) is 3. The molecule has 0 aromatic heterocycles. The van der Waals surface area contributed by atoms with Crippen molar-refractivity contribution in [2.45, 2.75) is 19.8 Å². The third-order valence-corrected chi connectivity index (χ3v) is 4.27. The Morgan fingerprint density at radius 2 is 1.77 bits per heavy atom. The lowest BCUT2D eigenvalue weighted by Crippen LogP contribution is -2.26. The molecule has 0 saturated heterocycles. The molecule has 6 nitrogen and oxygen atoms in total. The largest absolute Gasteiger partial charge is 0.352 e. The number of anilines is 1. The topological polar surface area (TPSA) is 87.3 Å². The molecule has 1 amide bonds. The van der Waals surface area contributed by atoms with Gasteiger partial charge in [0.05, 0.1) is 5.75 Å². The summed E-state index contributed by atoms with van der Waals surface area (Å²) in [5.41, 5.74) is 0.980. The van der Waals surface area contributed by atoms with E-state index >= 15 is 0 Å². The third-order valence-electron chi connectivity index (χ3n) is 2.78. The minimum atomic E-state index is -3.30. The van der Waals surface area contributed by atoms with Crippen LogP contribution in [0.4, 0.5) is 5.69 Å². The zero-order valence-electron chi connectivity index (χ0n) is 12.9. The standard InChI is InChI=1S/C14H23N3O3S.ClH/c1-3-11-21(19,20)17-13-7-5-12(6-8-13)14(18)16-10-4-9-15-2;/h5-8,15,17H,3-4,9-11H2,1-2H3,(H,16,18);1H. The number of benzene rings is 1. The normalized spacial score (nSPS) is 10.6. The summed E-state index contributed by atoms with van der Waals surface area (Å²) in [7, 11) is -1.43. The Kier molecular flexibility index (Phi) is 9.80. The van der Waals surface area contributed by atoms with Gasteiger partial charge in [0.25, 0.3) is 5.91 Å². The predicted molar refractivity (Wildman–Crippen MR) is 92.3 cm³/mol. The van der Waals surface area contributed by atoms with Crippen molar-refractivity contribution in [1.29, 1.82) is 0 Å². The SMILES string of the molecule is CCCS(=O)(=O)Nc1ccc(C(=O)NCCCNC)cc1.Cl. The van der Waals surface area contributed by atoms with Crippen LogP contribution in [-0.4, -0.2) is 40.2 Å². The van der Waals surface area contributed by atoms with Crippen LogP contribution in [0.5, 0.6) is 0 Å². The molecule has 1 aromatic carbocycles. The van der Waals surface area contributed by atoms with Crippen LogP contribution >= 0.6 is 12.4 Å². The molecule has 0 aliphatic carbocycles. The molecule has 22 heavy (non-hydrogen) atoms. The molecule has 0 bridgehead atoms. The van der Waals surface area contributed by atoms with Gasteiger partial charge in [0.2, 0.25) is 10.0 Å². The van der Waals surface area contributed by atoms with Gasteiger partial charge in [-0.25, -0.2) is 8.42 Å². The van der Waals surface area contributed by atoms with Gasteiger partial charge in [-0.05, 0) is 50.7 Å². The van der Waals surface area contributed by atoms with Gasteiger partial charge in [-0.3, -0.25) is 9.52 Å². The van der Waals surface area contributed by atoms with Gasteiger partial charge in [0.1, 0.15) is 0 Å². The second-order valence-electron chi connectivity index (χ2n) is 4.71. The molecular formula is C14H24ClN3O3S. The van der Waals surface area contributed by atoms with Gasteiger partial charge in [0, 0.05) is 17.8 Å². The maximum absolute atomic E-state index is 11.8. The van der Waals surface area contributed by atoms with E-state index in [-0.39, 0.29) is 24.1 Å². The summed E-state index contributed by atoms with van der Waals surface area (Å²) < 4.78 is 25.7. The smallest absolute Gasteiger partial charge is 0.251 e. The molecule has 0 fully saturated rings. The van der Waals surface area contributed by atoms with Crippen LogP contribution < -0.4 is 15.4 Å². The fourth-order valence-corrected chi connectivity index (χ4v) is 2.89. The lowest BCUT2D eigenvalue weighted by atomic mass is 10.2. The summed E-state index contributed by atoms with van der Waals surface area (Å²) in [6.45, 7) is 3.25. The molecule has 1 aromatic rings. The highest BCUT2D eigenvalue weighted by Gasteiger charge is 2.09. The average molecular weight is 350 g/mol. The predicted octanol–water partition coefficient (Wildman–Crippen LogP) is 1.60. The van der Waals surface area contributed by atoms with E-state index < -0.39 is 10.0 Å². The number of hydrogen-bond donors (Lipinski definition) is 3. The van der Waals surface area contributed by atoms with Crippen molar-refractivity contribution >= 4 is 34.0 Å². The molecule has 0 aliphatic heterocycles. The van der Waals surface area contributed by atoms with E-state index in [2.05, 4.69) is 15.4 Å². The maximum Gasteiger partial charge on any atom is 0.251 e. The second-order valence-corrected chi connectivity index (χ2v) is 6.55. The molecule has 0 atom stereocenters. The van der Waals surface area contributed by atoms with Gasteiger partial charge in [-0.1, -0.05) is 6.92 Å². The zero-order chi connectivity index (χ0) is 15.7. The molecule has 8 heteroatoms. The Balaban J connectivity index is 0.00000441. The van der Waals surface area contributed by atoms with Crippen molar-refractivity contribution in [1.82, 2.24) is 10.6 Å². The first kappa shape index (κ1) is 20.7. The summed E-state index contributed by atoms with van der Waals surface area (Å²) in [4.78, 5) is 11.8. The van der Waals surface area contributed by atoms with Crippen LogP contribution in [0.3, 0.4) is 0 Å². The van der Waals surface area contributed by atoms with E-state index in [1.54, 1.807) is 31.2 Å². The molecule has 0 heterocycles. The van der Waals surface area contributed by atoms with E-state index in [0.717, 1.165) is 13.0 Å². The minimum Gasteiger partial charge on any atom is -0.352 e. The van der Waals surface area contributed by atoms with Crippen molar-refractivity contribution in [2.24, 2.45) is 0 Å². The molecule has 0 spiro atoms. The van der Waals surface area contributed by atoms with Gasteiger partial charge in [0.15, 0.2) is 0 Å². The van der Waals surface area contributed by atoms with Crippen molar-refractivity contribution in [2.75, 3.05) is 30.6 Å². The number of amides is 1. The number of carbonyl (C=O) groups is 1. The van der Waals surface area contributed by atoms with Crippen LogP contribution in [-0.2, 0) is 10.0 Å². The molecule has 0 radical (unpaired) electrons. The van der Waals surface area contributed by atoms with E-state index in [4.69, 9.17) is 0 Å². The first-order valence-corrected chi connectivity index (χ1v) is 8.67. The van der Waals surface area contributed by atoms with Crippen LogP contribution in [0.2, 0.25) is 0 Å². The first-order valence-electron chi connectivity index (χ1n) is 7.02. The van der Waals surface area contributed by atoms with Crippen LogP contribution in [0, 0.1) is 0 Å². The van der Waals surface area contributed by atoms with E-state index in [1.165, 1.54) is 0 Å². The summed E-state index contributed by atoms with van der Waals surface area (Å²) in [6, 6.07) is 6.40. The van der Waals surface area contributed by atoms with Crippen molar-refractivity contribution < 1.29 is 13.2 Å². The van der Waals surface area contributed by atoms with Gasteiger partial charge < -0.3 is 10.6 Å². The lowest BCUT2D eigenvalue weighted by Gasteiger charge is -2.08. The summed E-state index contributed by atoms with van der Waals surface area (Å²) in [6.07, 6.45) is 1.42. The Morgan fingerprint density at radius 1 is 1.14 bits per heavy atom. The van der Waals surface area contributed by atoms with E-state index in [9.17, 15) is 13.2 Å². The Bertz CT molecular complexity index is 547. The van der Waals surface area contributed by atoms with Gasteiger partial charge >= 0.3 is 0 Å². The summed E-state index contributed by atoms with van der Waals surface area (Å²) in [5, 5.41) is 5.81. The van der Waals surface area contributed by atoms with E-state index in [0.29, 0.717) is 24.2 Å². The average Bonchev–Trinajstić information content (AvgIpc) is 2.43. The van der Waals surface area contributed by atoms with Gasteiger partial charge in [-0.2, -0.15) is 0 Å². The fourth-order valence-electron chi connectivity index (χ4n) is 1.76. The molecule has 126 valence electrons. The maximum atomic E-state index is 11.8. The van der Waals surface area contributed by atoms with E-state index in [1.807, 2.05) is 7.05 Å². The molecule has 0 unspecified atom stereocenters. The number of sulfonamides is 1. The van der Waals surface area contributed by atoms with Crippen molar-refractivity contribution in [3.05, 3.63) is 29.8 Å². The molecule has 3 N–H and O–H groups in total. The van der Waals surface area contributed by atoms with Crippen molar-refractivity contribution in [3.8, 4) is 0 Å². The Hall–Kier alpha value is -1.31. The minimum absolute atomic E-state index is 0. The molecule has 0 saturated carbocycles. The highest BCUT2D eigenvalue weighted by Crippen LogP contribution is 2.12. The van der Waals surface area contributed by atoms with Gasteiger partial charge in [-0.15, -0.1) is 12.4 Å². The Morgan fingerprint density at radius 3 is 2.32 bits per heavy atom. The molecule has 1 rings (SSSR count). The first-order chi connectivity index (χ1) is 9.98. The number of halogens is 1. The number of hydrogen-bond acceptors (Lipinski definition) is 4. The number of rotatable bonds is 9. The quantitative estimate of drug-likeness (QED) is 0.591. The zero-order valence-corrected chi connectivity index (χ0v) is 14.5. The second kappa shape index (κ2) is 10.4. The van der Waals surface area contributed by atoms with Crippen LogP contribution in [0.25, 0.3) is 0 Å². The van der Waals surface area contributed by atoms with Crippen LogP contribution in [0.15, 0.2) is 24.3 Å².